The van der Waals surface area contributed by atoms with Crippen molar-refractivity contribution in [2.75, 3.05) is 5.32 Å². The van der Waals surface area contributed by atoms with Gasteiger partial charge in [0.2, 0.25) is 0 Å². The summed E-state index contributed by atoms with van der Waals surface area (Å²) in [6.07, 6.45) is 0. The Kier molecular flexibility index (Phi) is 4.27. The lowest BCUT2D eigenvalue weighted by molar-refractivity contribution is 0.907. The zero-order valence-corrected chi connectivity index (χ0v) is 13.3. The number of halogens is 2. The zero-order valence-electron chi connectivity index (χ0n) is 8.71. The van der Waals surface area contributed by atoms with Crippen molar-refractivity contribution < 1.29 is 0 Å². The first-order chi connectivity index (χ1) is 7.65. The molecule has 0 aliphatic rings. The van der Waals surface area contributed by atoms with Gasteiger partial charge in [-0.2, -0.15) is 0 Å². The molecule has 1 aromatic carbocycles. The molecule has 0 spiro atoms. The van der Waals surface area contributed by atoms with Crippen LogP contribution >= 0.6 is 49.9 Å². The molecular formula is C12H11BrINS. The van der Waals surface area contributed by atoms with Crippen molar-refractivity contribution in [1.82, 2.24) is 0 Å². The normalized spacial score (nSPS) is 12.4. The smallest absolute Gasteiger partial charge is 0.0578 e. The minimum Gasteiger partial charge on any atom is -0.378 e. The molecule has 1 heterocycles. The van der Waals surface area contributed by atoms with Crippen molar-refractivity contribution in [3.05, 3.63) is 48.6 Å². The quantitative estimate of drug-likeness (QED) is 0.681. The van der Waals surface area contributed by atoms with Gasteiger partial charge in [0.15, 0.2) is 0 Å². The molecule has 1 aromatic heterocycles. The molecule has 1 atom stereocenters. The summed E-state index contributed by atoms with van der Waals surface area (Å²) in [7, 11) is 0. The monoisotopic (exact) mass is 407 g/mol. The Labute approximate surface area is 122 Å². The summed E-state index contributed by atoms with van der Waals surface area (Å²) in [5.41, 5.74) is 1.16. The number of anilines is 1. The van der Waals surface area contributed by atoms with Gasteiger partial charge in [-0.05, 0) is 75.8 Å². The molecule has 0 saturated carbocycles. The topological polar surface area (TPSA) is 12.0 Å². The molecule has 0 saturated heterocycles. The molecule has 0 fully saturated rings. The van der Waals surface area contributed by atoms with E-state index in [9.17, 15) is 0 Å². The highest BCUT2D eigenvalue weighted by atomic mass is 127. The predicted molar refractivity (Wildman–Crippen MR) is 83.2 cm³/mol. The van der Waals surface area contributed by atoms with Crippen LogP contribution in [0, 0.1) is 3.57 Å². The SMILES string of the molecule is CC(Nc1ccc(I)cc1)c1cc(Br)cs1. The van der Waals surface area contributed by atoms with E-state index in [1.165, 1.54) is 8.45 Å². The van der Waals surface area contributed by atoms with Gasteiger partial charge in [0.05, 0.1) is 6.04 Å². The van der Waals surface area contributed by atoms with E-state index >= 15 is 0 Å². The van der Waals surface area contributed by atoms with E-state index in [0.29, 0.717) is 6.04 Å². The standard InChI is InChI=1S/C12H11BrINS/c1-8(12-6-9(13)7-16-12)15-11-4-2-10(14)3-5-11/h2-8,15H,1H3. The Morgan fingerprint density at radius 1 is 1.31 bits per heavy atom. The van der Waals surface area contributed by atoms with E-state index in [-0.39, 0.29) is 0 Å². The van der Waals surface area contributed by atoms with E-state index in [1.807, 2.05) is 0 Å². The highest BCUT2D eigenvalue weighted by molar-refractivity contribution is 14.1. The number of hydrogen-bond acceptors (Lipinski definition) is 2. The van der Waals surface area contributed by atoms with Gasteiger partial charge in [-0.25, -0.2) is 0 Å². The van der Waals surface area contributed by atoms with Gasteiger partial charge in [-0.15, -0.1) is 11.3 Å². The zero-order chi connectivity index (χ0) is 11.5. The summed E-state index contributed by atoms with van der Waals surface area (Å²) in [6.45, 7) is 2.18. The summed E-state index contributed by atoms with van der Waals surface area (Å²) >= 11 is 7.56. The van der Waals surface area contributed by atoms with Crippen LogP contribution in [0.5, 0.6) is 0 Å². The van der Waals surface area contributed by atoms with Crippen LogP contribution in [0.15, 0.2) is 40.2 Å². The highest BCUT2D eigenvalue weighted by Gasteiger charge is 2.07. The maximum atomic E-state index is 3.48. The van der Waals surface area contributed by atoms with E-state index in [0.717, 1.165) is 10.2 Å². The molecule has 0 bridgehead atoms. The molecule has 16 heavy (non-hydrogen) atoms. The van der Waals surface area contributed by atoms with Crippen LogP contribution in [0.1, 0.15) is 17.8 Å². The number of rotatable bonds is 3. The Balaban J connectivity index is 2.07. The molecule has 0 amide bonds. The molecule has 0 radical (unpaired) electrons. The second-order valence-corrected chi connectivity index (χ2v) is 6.64. The van der Waals surface area contributed by atoms with Crippen LogP contribution in [0.2, 0.25) is 0 Å². The van der Waals surface area contributed by atoms with Crippen LogP contribution in [0.25, 0.3) is 0 Å². The summed E-state index contributed by atoms with van der Waals surface area (Å²) in [6, 6.07) is 11.0. The maximum absolute atomic E-state index is 3.48. The van der Waals surface area contributed by atoms with Gasteiger partial charge in [0.25, 0.3) is 0 Å². The minimum absolute atomic E-state index is 0.344. The largest absolute Gasteiger partial charge is 0.378 e. The number of hydrogen-bond donors (Lipinski definition) is 1. The first-order valence-corrected chi connectivity index (χ1v) is 7.66. The van der Waals surface area contributed by atoms with Gasteiger partial charge >= 0.3 is 0 Å². The molecule has 1 nitrogen and oxygen atoms in total. The molecule has 1 unspecified atom stereocenters. The summed E-state index contributed by atoms with van der Waals surface area (Å²) in [5.74, 6) is 0. The van der Waals surface area contributed by atoms with Gasteiger partial charge in [-0.1, -0.05) is 0 Å². The van der Waals surface area contributed by atoms with Crippen molar-refractivity contribution >= 4 is 55.5 Å². The number of nitrogens with one attached hydrogen (secondary N) is 1. The van der Waals surface area contributed by atoms with Crippen LogP contribution < -0.4 is 5.32 Å². The predicted octanol–water partition coefficient (Wildman–Crippen LogP) is 5.29. The first-order valence-electron chi connectivity index (χ1n) is 4.91. The summed E-state index contributed by atoms with van der Waals surface area (Å²) in [4.78, 5) is 1.34. The molecular weight excluding hydrogens is 397 g/mol. The lowest BCUT2D eigenvalue weighted by Crippen LogP contribution is -2.04. The van der Waals surface area contributed by atoms with Crippen LogP contribution in [0.3, 0.4) is 0 Å². The molecule has 0 aliphatic heterocycles. The summed E-state index contributed by atoms with van der Waals surface area (Å²) < 4.78 is 2.42. The fraction of sp³-hybridized carbons (Fsp3) is 0.167. The van der Waals surface area contributed by atoms with E-state index in [2.05, 4.69) is 86.5 Å². The lowest BCUT2D eigenvalue weighted by Gasteiger charge is -2.13. The number of thiophene rings is 1. The first kappa shape index (κ1) is 12.4. The lowest BCUT2D eigenvalue weighted by atomic mass is 10.2. The van der Waals surface area contributed by atoms with Crippen molar-refractivity contribution in [3.8, 4) is 0 Å². The van der Waals surface area contributed by atoms with Crippen LogP contribution in [-0.4, -0.2) is 0 Å². The van der Waals surface area contributed by atoms with Gasteiger partial charge < -0.3 is 5.32 Å². The van der Waals surface area contributed by atoms with Gasteiger partial charge in [0, 0.05) is 24.0 Å². The Morgan fingerprint density at radius 3 is 2.56 bits per heavy atom. The Hall–Kier alpha value is -0.0700. The average molecular weight is 408 g/mol. The second kappa shape index (κ2) is 5.51. The van der Waals surface area contributed by atoms with Gasteiger partial charge in [-0.3, -0.25) is 0 Å². The van der Waals surface area contributed by atoms with Crippen LogP contribution in [-0.2, 0) is 0 Å². The van der Waals surface area contributed by atoms with Crippen molar-refractivity contribution in [2.45, 2.75) is 13.0 Å². The maximum Gasteiger partial charge on any atom is 0.0578 e. The van der Waals surface area contributed by atoms with E-state index < -0.39 is 0 Å². The average Bonchev–Trinajstić information content (AvgIpc) is 2.68. The fourth-order valence-corrected chi connectivity index (χ4v) is 3.24. The van der Waals surface area contributed by atoms with Crippen molar-refractivity contribution in [3.63, 3.8) is 0 Å². The molecule has 2 aromatic rings. The molecule has 0 aliphatic carbocycles. The Morgan fingerprint density at radius 2 is 2.00 bits per heavy atom. The van der Waals surface area contributed by atoms with Gasteiger partial charge in [0.1, 0.15) is 0 Å². The molecule has 2 rings (SSSR count). The van der Waals surface area contributed by atoms with Crippen molar-refractivity contribution in [1.29, 1.82) is 0 Å². The van der Waals surface area contributed by atoms with Crippen LogP contribution in [0.4, 0.5) is 5.69 Å². The molecule has 1 N–H and O–H groups in total. The Bertz CT molecular complexity index is 466. The van der Waals surface area contributed by atoms with E-state index in [4.69, 9.17) is 0 Å². The van der Waals surface area contributed by atoms with E-state index in [1.54, 1.807) is 11.3 Å². The number of benzene rings is 1. The highest BCUT2D eigenvalue weighted by Crippen LogP contribution is 2.27. The third kappa shape index (κ3) is 3.21. The third-order valence-electron chi connectivity index (χ3n) is 2.24. The summed E-state index contributed by atoms with van der Waals surface area (Å²) in [5, 5.41) is 5.60. The third-order valence-corrected chi connectivity index (χ3v) is 4.84. The molecule has 84 valence electrons. The minimum atomic E-state index is 0.344. The fourth-order valence-electron chi connectivity index (χ4n) is 1.42. The molecule has 4 heteroatoms. The second-order valence-electron chi connectivity index (χ2n) is 3.54. The van der Waals surface area contributed by atoms with Crippen molar-refractivity contribution in [2.24, 2.45) is 0 Å².